The zero-order valence-electron chi connectivity index (χ0n) is 15.5. The number of benzene rings is 1. The maximum Gasteiger partial charge on any atom is 0.337 e. The van der Waals surface area contributed by atoms with E-state index in [2.05, 4.69) is 24.0 Å². The Bertz CT molecular complexity index is 691. The lowest BCUT2D eigenvalue weighted by Gasteiger charge is -2.21. The van der Waals surface area contributed by atoms with Gasteiger partial charge in [-0.2, -0.15) is 0 Å². The summed E-state index contributed by atoms with van der Waals surface area (Å²) >= 11 is 0. The fraction of sp³-hybridized carbons (Fsp3) is 0.500. The van der Waals surface area contributed by atoms with Crippen LogP contribution < -0.4 is 0 Å². The summed E-state index contributed by atoms with van der Waals surface area (Å²) in [6, 6.07) is 8.13. The number of oxazole rings is 1. The van der Waals surface area contributed by atoms with E-state index in [-0.39, 0.29) is 5.97 Å². The van der Waals surface area contributed by atoms with E-state index in [1.54, 1.807) is 20.1 Å². The first-order chi connectivity index (χ1) is 11.9. The molecule has 1 aromatic carbocycles. The predicted octanol–water partition coefficient (Wildman–Crippen LogP) is 4.33. The number of ether oxygens (including phenoxy) is 2. The SMILES string of the molecule is COC(=O)C(C)(C)OCCCCCc1coc(-c2cccc(C)c2)n1. The Labute approximate surface area is 149 Å². The van der Waals surface area contributed by atoms with Crippen molar-refractivity contribution in [2.45, 2.75) is 52.1 Å². The Hall–Kier alpha value is -2.14. The van der Waals surface area contributed by atoms with Crippen LogP contribution in [0.4, 0.5) is 0 Å². The van der Waals surface area contributed by atoms with Gasteiger partial charge >= 0.3 is 5.97 Å². The molecule has 0 saturated carbocycles. The van der Waals surface area contributed by atoms with E-state index in [0.29, 0.717) is 12.5 Å². The van der Waals surface area contributed by atoms with E-state index in [1.165, 1.54) is 12.7 Å². The van der Waals surface area contributed by atoms with Crippen LogP contribution in [0.25, 0.3) is 11.5 Å². The fourth-order valence-corrected chi connectivity index (χ4v) is 2.55. The molecule has 0 aliphatic heterocycles. The molecule has 2 rings (SSSR count). The third kappa shape index (κ3) is 5.71. The van der Waals surface area contributed by atoms with E-state index in [1.807, 2.05) is 12.1 Å². The average molecular weight is 345 g/mol. The van der Waals surface area contributed by atoms with Crippen LogP contribution in [0.5, 0.6) is 0 Å². The molecule has 0 N–H and O–H groups in total. The van der Waals surface area contributed by atoms with Crippen LogP contribution >= 0.6 is 0 Å². The molecule has 0 unspecified atom stereocenters. The van der Waals surface area contributed by atoms with Gasteiger partial charge in [-0.25, -0.2) is 9.78 Å². The summed E-state index contributed by atoms with van der Waals surface area (Å²) in [4.78, 5) is 16.1. The molecule has 1 heterocycles. The second-order valence-electron chi connectivity index (χ2n) is 6.67. The first kappa shape index (κ1) is 19.2. The summed E-state index contributed by atoms with van der Waals surface area (Å²) in [6.45, 7) is 6.04. The number of unbranched alkanes of at least 4 members (excludes halogenated alkanes) is 2. The van der Waals surface area contributed by atoms with Gasteiger partial charge in [0, 0.05) is 12.2 Å². The fourth-order valence-electron chi connectivity index (χ4n) is 2.55. The second-order valence-corrected chi connectivity index (χ2v) is 6.67. The van der Waals surface area contributed by atoms with E-state index in [4.69, 9.17) is 13.9 Å². The molecule has 0 aliphatic rings. The molecule has 0 amide bonds. The molecular weight excluding hydrogens is 318 g/mol. The van der Waals surface area contributed by atoms with Crippen molar-refractivity contribution < 1.29 is 18.7 Å². The minimum absolute atomic E-state index is 0.348. The molecule has 136 valence electrons. The Morgan fingerprint density at radius 3 is 2.76 bits per heavy atom. The second kappa shape index (κ2) is 8.81. The third-order valence-corrected chi connectivity index (χ3v) is 4.03. The summed E-state index contributed by atoms with van der Waals surface area (Å²) in [6.07, 6.45) is 5.50. The maximum atomic E-state index is 11.5. The minimum atomic E-state index is -0.885. The largest absolute Gasteiger partial charge is 0.467 e. The van der Waals surface area contributed by atoms with Crippen LogP contribution in [-0.4, -0.2) is 30.3 Å². The van der Waals surface area contributed by atoms with Gasteiger partial charge in [-0.05, 0) is 52.2 Å². The molecule has 0 aliphatic carbocycles. The van der Waals surface area contributed by atoms with Crippen molar-refractivity contribution in [3.8, 4) is 11.5 Å². The minimum Gasteiger partial charge on any atom is -0.467 e. The summed E-state index contributed by atoms with van der Waals surface area (Å²) in [5.74, 6) is 0.320. The van der Waals surface area contributed by atoms with Gasteiger partial charge in [-0.1, -0.05) is 24.1 Å². The molecule has 0 saturated heterocycles. The molecule has 0 spiro atoms. The van der Waals surface area contributed by atoms with Crippen LogP contribution in [0.1, 0.15) is 44.4 Å². The topological polar surface area (TPSA) is 61.6 Å². The Balaban J connectivity index is 1.70. The summed E-state index contributed by atoms with van der Waals surface area (Å²) in [7, 11) is 1.37. The van der Waals surface area contributed by atoms with Crippen LogP contribution in [0.3, 0.4) is 0 Å². The number of rotatable bonds is 9. The van der Waals surface area contributed by atoms with E-state index in [0.717, 1.165) is 36.9 Å². The summed E-state index contributed by atoms with van der Waals surface area (Å²) in [5, 5.41) is 0. The number of hydrogen-bond donors (Lipinski definition) is 0. The average Bonchev–Trinajstić information content (AvgIpc) is 3.06. The molecule has 25 heavy (non-hydrogen) atoms. The monoisotopic (exact) mass is 345 g/mol. The molecule has 5 heteroatoms. The standard InChI is InChI=1S/C20H27NO4/c1-15-9-8-10-16(13-15)18-21-17(14-24-18)11-6-5-7-12-25-20(2,3)19(22)23-4/h8-10,13-14H,5-7,11-12H2,1-4H3. The lowest BCUT2D eigenvalue weighted by atomic mass is 10.1. The van der Waals surface area contributed by atoms with Crippen molar-refractivity contribution in [3.63, 3.8) is 0 Å². The molecule has 0 atom stereocenters. The Morgan fingerprint density at radius 2 is 2.04 bits per heavy atom. The van der Waals surface area contributed by atoms with Gasteiger partial charge in [0.2, 0.25) is 5.89 Å². The number of carbonyl (C=O) groups excluding carboxylic acids is 1. The van der Waals surface area contributed by atoms with Gasteiger partial charge in [0.25, 0.3) is 0 Å². The Morgan fingerprint density at radius 1 is 1.24 bits per heavy atom. The smallest absolute Gasteiger partial charge is 0.337 e. The van der Waals surface area contributed by atoms with Gasteiger partial charge in [0.05, 0.1) is 12.8 Å². The van der Waals surface area contributed by atoms with Gasteiger partial charge in [-0.15, -0.1) is 0 Å². The van der Waals surface area contributed by atoms with Gasteiger partial charge in [-0.3, -0.25) is 0 Å². The van der Waals surface area contributed by atoms with E-state index < -0.39 is 5.60 Å². The molecule has 0 radical (unpaired) electrons. The Kier molecular flexibility index (Phi) is 6.76. The van der Waals surface area contributed by atoms with Crippen molar-refractivity contribution in [1.29, 1.82) is 0 Å². The number of carbonyl (C=O) groups is 1. The molecule has 5 nitrogen and oxygen atoms in total. The molecule has 0 bridgehead atoms. The number of hydrogen-bond acceptors (Lipinski definition) is 5. The van der Waals surface area contributed by atoms with Crippen molar-refractivity contribution in [2.75, 3.05) is 13.7 Å². The predicted molar refractivity (Wildman–Crippen MR) is 96.3 cm³/mol. The zero-order valence-corrected chi connectivity index (χ0v) is 15.5. The van der Waals surface area contributed by atoms with E-state index in [9.17, 15) is 4.79 Å². The molecule has 1 aromatic heterocycles. The number of esters is 1. The normalized spacial score (nSPS) is 11.5. The van der Waals surface area contributed by atoms with Gasteiger partial charge in [0.15, 0.2) is 5.60 Å². The molecule has 0 fully saturated rings. The van der Waals surface area contributed by atoms with Crippen LogP contribution in [0, 0.1) is 6.92 Å². The van der Waals surface area contributed by atoms with Crippen molar-refractivity contribution in [1.82, 2.24) is 4.98 Å². The highest BCUT2D eigenvalue weighted by molar-refractivity contribution is 5.78. The summed E-state index contributed by atoms with van der Waals surface area (Å²) < 4.78 is 15.9. The number of nitrogens with zero attached hydrogens (tertiary/aromatic N) is 1. The quantitative estimate of drug-likeness (QED) is 0.500. The number of aromatic nitrogens is 1. The number of methoxy groups -OCH3 is 1. The lowest BCUT2D eigenvalue weighted by Crippen LogP contribution is -2.36. The van der Waals surface area contributed by atoms with Crippen LogP contribution in [0.2, 0.25) is 0 Å². The molecular formula is C20H27NO4. The highest BCUT2D eigenvalue weighted by Crippen LogP contribution is 2.20. The summed E-state index contributed by atoms with van der Waals surface area (Å²) in [5.41, 5.74) is 2.27. The van der Waals surface area contributed by atoms with Crippen molar-refractivity contribution >= 4 is 5.97 Å². The third-order valence-electron chi connectivity index (χ3n) is 4.03. The van der Waals surface area contributed by atoms with E-state index >= 15 is 0 Å². The first-order valence-electron chi connectivity index (χ1n) is 8.66. The van der Waals surface area contributed by atoms with Gasteiger partial charge in [0.1, 0.15) is 6.26 Å². The highest BCUT2D eigenvalue weighted by Gasteiger charge is 2.29. The zero-order chi connectivity index (χ0) is 18.3. The van der Waals surface area contributed by atoms with Crippen LogP contribution in [0.15, 0.2) is 34.9 Å². The maximum absolute atomic E-state index is 11.5. The number of aryl methyl sites for hydroxylation is 2. The van der Waals surface area contributed by atoms with Crippen molar-refractivity contribution in [3.05, 3.63) is 41.8 Å². The molecule has 2 aromatic rings. The van der Waals surface area contributed by atoms with Crippen molar-refractivity contribution in [2.24, 2.45) is 0 Å². The highest BCUT2D eigenvalue weighted by atomic mass is 16.6. The lowest BCUT2D eigenvalue weighted by molar-refractivity contribution is -0.165. The van der Waals surface area contributed by atoms with Gasteiger partial charge < -0.3 is 13.9 Å². The first-order valence-corrected chi connectivity index (χ1v) is 8.66. The van der Waals surface area contributed by atoms with Crippen LogP contribution in [-0.2, 0) is 20.7 Å².